The average Bonchev–Trinajstić information content (AvgIpc) is 2.59. The lowest BCUT2D eigenvalue weighted by Gasteiger charge is -2.23. The summed E-state index contributed by atoms with van der Waals surface area (Å²) in [4.78, 5) is 13.4. The summed E-state index contributed by atoms with van der Waals surface area (Å²) in [5.41, 5.74) is 1.19. The number of methoxy groups -OCH3 is 1. The molecule has 2 heterocycles. The predicted octanol–water partition coefficient (Wildman–Crippen LogP) is 1.36. The molecule has 1 amide bonds. The fraction of sp³-hybridized carbons (Fsp3) is 0.500. The summed E-state index contributed by atoms with van der Waals surface area (Å²) in [6.45, 7) is 7.74. The molecule has 20 heavy (non-hydrogen) atoms. The Morgan fingerprint density at radius 1 is 1.40 bits per heavy atom. The fourth-order valence-electron chi connectivity index (χ4n) is 2.08. The number of aliphatic hydroxyl groups is 1. The molecule has 6 heteroatoms. The summed E-state index contributed by atoms with van der Waals surface area (Å²) in [6, 6.07) is 1.76. The first-order valence-corrected chi connectivity index (χ1v) is 6.37. The van der Waals surface area contributed by atoms with Crippen molar-refractivity contribution in [3.05, 3.63) is 29.2 Å². The normalized spacial score (nSPS) is 19.8. The van der Waals surface area contributed by atoms with Gasteiger partial charge in [-0.25, -0.2) is 0 Å². The fourth-order valence-corrected chi connectivity index (χ4v) is 2.08. The molecule has 1 aliphatic heterocycles. The molecule has 0 fully saturated rings. The van der Waals surface area contributed by atoms with Crippen LogP contribution in [0.5, 0.6) is 0 Å². The van der Waals surface area contributed by atoms with Crippen molar-refractivity contribution in [3.8, 4) is 0 Å². The van der Waals surface area contributed by atoms with Gasteiger partial charge in [0.2, 0.25) is 0 Å². The highest BCUT2D eigenvalue weighted by Crippen LogP contribution is 2.31. The standard InChI is InChI=1S/C14H19N3O3/c1-8-11(20-5)13(19)17(12(8)18)10-6-9(7-15-16-10)14(2,3)4/h6-7,13,19H,1-5H3. The van der Waals surface area contributed by atoms with Crippen LogP contribution in [0.25, 0.3) is 0 Å². The van der Waals surface area contributed by atoms with Gasteiger partial charge in [0.15, 0.2) is 17.8 Å². The summed E-state index contributed by atoms with van der Waals surface area (Å²) >= 11 is 0. The van der Waals surface area contributed by atoms with Crippen LogP contribution in [-0.4, -0.2) is 34.5 Å². The number of carbonyl (C=O) groups is 1. The SMILES string of the molecule is COC1=C(C)C(=O)N(c2cc(C(C)(C)C)cnn2)C1O. The van der Waals surface area contributed by atoms with Crippen molar-refractivity contribution >= 4 is 11.7 Å². The number of anilines is 1. The average molecular weight is 277 g/mol. The van der Waals surface area contributed by atoms with E-state index in [1.165, 1.54) is 12.0 Å². The van der Waals surface area contributed by atoms with Crippen molar-refractivity contribution in [1.82, 2.24) is 10.2 Å². The zero-order valence-electron chi connectivity index (χ0n) is 12.3. The Morgan fingerprint density at radius 3 is 2.55 bits per heavy atom. The van der Waals surface area contributed by atoms with E-state index in [4.69, 9.17) is 4.74 Å². The van der Waals surface area contributed by atoms with E-state index < -0.39 is 6.23 Å². The third kappa shape index (κ3) is 2.27. The number of carbonyl (C=O) groups excluding carboxylic acids is 1. The first-order valence-electron chi connectivity index (χ1n) is 6.37. The lowest BCUT2D eigenvalue weighted by atomic mass is 9.88. The Labute approximate surface area is 118 Å². The van der Waals surface area contributed by atoms with Crippen molar-refractivity contribution in [2.24, 2.45) is 0 Å². The minimum atomic E-state index is -1.16. The van der Waals surface area contributed by atoms with Crippen LogP contribution in [0.1, 0.15) is 33.3 Å². The van der Waals surface area contributed by atoms with E-state index in [1.807, 2.05) is 20.8 Å². The van der Waals surface area contributed by atoms with Gasteiger partial charge in [-0.15, -0.1) is 5.10 Å². The largest absolute Gasteiger partial charge is 0.496 e. The number of aliphatic hydroxyl groups excluding tert-OH is 1. The molecule has 6 nitrogen and oxygen atoms in total. The summed E-state index contributed by atoms with van der Waals surface area (Å²) in [5, 5.41) is 18.1. The molecule has 108 valence electrons. The van der Waals surface area contributed by atoms with Crippen LogP contribution in [-0.2, 0) is 14.9 Å². The topological polar surface area (TPSA) is 75.5 Å². The number of hydrogen-bond acceptors (Lipinski definition) is 5. The first kappa shape index (κ1) is 14.5. The van der Waals surface area contributed by atoms with Crippen molar-refractivity contribution < 1.29 is 14.6 Å². The minimum Gasteiger partial charge on any atom is -0.496 e. The second kappa shape index (κ2) is 4.86. The molecule has 0 radical (unpaired) electrons. The molecule has 0 saturated heterocycles. The van der Waals surface area contributed by atoms with Crippen molar-refractivity contribution in [1.29, 1.82) is 0 Å². The van der Waals surface area contributed by atoms with Crippen LogP contribution >= 0.6 is 0 Å². The maximum absolute atomic E-state index is 12.2. The Balaban J connectivity index is 2.42. The van der Waals surface area contributed by atoms with Crippen molar-refractivity contribution in [2.45, 2.75) is 39.3 Å². The van der Waals surface area contributed by atoms with Gasteiger partial charge < -0.3 is 9.84 Å². The highest BCUT2D eigenvalue weighted by molar-refractivity contribution is 6.08. The van der Waals surface area contributed by atoms with Crippen LogP contribution < -0.4 is 4.90 Å². The van der Waals surface area contributed by atoms with Crippen LogP contribution in [0.2, 0.25) is 0 Å². The van der Waals surface area contributed by atoms with Crippen LogP contribution in [0.3, 0.4) is 0 Å². The lowest BCUT2D eigenvalue weighted by Crippen LogP contribution is -2.36. The quantitative estimate of drug-likeness (QED) is 0.883. The van der Waals surface area contributed by atoms with E-state index in [0.29, 0.717) is 11.4 Å². The zero-order valence-corrected chi connectivity index (χ0v) is 12.3. The van der Waals surface area contributed by atoms with Gasteiger partial charge >= 0.3 is 0 Å². The van der Waals surface area contributed by atoms with E-state index in [2.05, 4.69) is 10.2 Å². The van der Waals surface area contributed by atoms with Gasteiger partial charge in [0, 0.05) is 0 Å². The minimum absolute atomic E-state index is 0.120. The molecular weight excluding hydrogens is 258 g/mol. The third-order valence-electron chi connectivity index (χ3n) is 3.36. The molecule has 0 spiro atoms. The number of hydrogen-bond donors (Lipinski definition) is 1. The van der Waals surface area contributed by atoms with Gasteiger partial charge in [0.05, 0.1) is 18.9 Å². The van der Waals surface area contributed by atoms with E-state index in [0.717, 1.165) is 5.56 Å². The monoisotopic (exact) mass is 277 g/mol. The van der Waals surface area contributed by atoms with Gasteiger partial charge in [-0.05, 0) is 24.0 Å². The number of aromatic nitrogens is 2. The van der Waals surface area contributed by atoms with Gasteiger partial charge in [0.25, 0.3) is 5.91 Å². The molecule has 1 aromatic rings. The highest BCUT2D eigenvalue weighted by atomic mass is 16.5. The summed E-state index contributed by atoms with van der Waals surface area (Å²) in [7, 11) is 1.43. The highest BCUT2D eigenvalue weighted by Gasteiger charge is 2.39. The van der Waals surface area contributed by atoms with E-state index >= 15 is 0 Å². The Kier molecular flexibility index (Phi) is 3.52. The van der Waals surface area contributed by atoms with Crippen LogP contribution in [0, 0.1) is 0 Å². The summed E-state index contributed by atoms with van der Waals surface area (Å²) in [5.74, 6) is 0.244. The van der Waals surface area contributed by atoms with E-state index in [-0.39, 0.29) is 17.1 Å². The lowest BCUT2D eigenvalue weighted by molar-refractivity contribution is -0.115. The van der Waals surface area contributed by atoms with Crippen molar-refractivity contribution in [2.75, 3.05) is 12.0 Å². The van der Waals surface area contributed by atoms with Gasteiger partial charge in [-0.1, -0.05) is 20.8 Å². The predicted molar refractivity (Wildman–Crippen MR) is 73.9 cm³/mol. The Hall–Kier alpha value is -1.95. The molecule has 0 bridgehead atoms. The number of amides is 1. The first-order chi connectivity index (χ1) is 9.27. The second-order valence-corrected chi connectivity index (χ2v) is 5.79. The molecule has 1 aromatic heterocycles. The second-order valence-electron chi connectivity index (χ2n) is 5.79. The third-order valence-corrected chi connectivity index (χ3v) is 3.36. The number of nitrogens with zero attached hydrogens (tertiary/aromatic N) is 3. The maximum atomic E-state index is 12.2. The zero-order chi connectivity index (χ0) is 15.1. The Bertz CT molecular complexity index is 575. The Morgan fingerprint density at radius 2 is 2.05 bits per heavy atom. The smallest absolute Gasteiger partial charge is 0.261 e. The number of rotatable bonds is 2. The summed E-state index contributed by atoms with van der Waals surface area (Å²) < 4.78 is 5.07. The molecule has 0 aromatic carbocycles. The molecule has 0 aliphatic carbocycles. The molecule has 0 saturated carbocycles. The molecule has 1 N–H and O–H groups in total. The van der Waals surface area contributed by atoms with Gasteiger partial charge in [-0.2, -0.15) is 5.10 Å². The van der Waals surface area contributed by atoms with E-state index in [1.54, 1.807) is 19.2 Å². The molecule has 1 unspecified atom stereocenters. The van der Waals surface area contributed by atoms with Crippen LogP contribution in [0.15, 0.2) is 23.6 Å². The maximum Gasteiger partial charge on any atom is 0.261 e. The van der Waals surface area contributed by atoms with E-state index in [9.17, 15) is 9.90 Å². The van der Waals surface area contributed by atoms with Gasteiger partial charge in [-0.3, -0.25) is 9.69 Å². The molecule has 2 rings (SSSR count). The van der Waals surface area contributed by atoms with Gasteiger partial charge in [0.1, 0.15) is 0 Å². The number of ether oxygens (including phenoxy) is 1. The molecular formula is C14H19N3O3. The summed E-state index contributed by atoms with van der Waals surface area (Å²) in [6.07, 6.45) is 0.505. The van der Waals surface area contributed by atoms with Crippen LogP contribution in [0.4, 0.5) is 5.82 Å². The molecule has 1 atom stereocenters. The molecule has 1 aliphatic rings. The van der Waals surface area contributed by atoms with Crippen molar-refractivity contribution in [3.63, 3.8) is 0 Å².